The number of aliphatic imine (C=N–C) groups is 1. The van der Waals surface area contributed by atoms with Gasteiger partial charge >= 0.3 is 0 Å². The maximum Gasteiger partial charge on any atom is 0.0910 e. The Labute approximate surface area is 158 Å². The van der Waals surface area contributed by atoms with Gasteiger partial charge in [0, 0.05) is 12.0 Å². The molecular weight excluding hydrogens is 320 g/mol. The number of hydrogen-bond acceptors (Lipinski definition) is 3. The molecule has 0 radical (unpaired) electrons. The van der Waals surface area contributed by atoms with Crippen molar-refractivity contribution in [2.75, 3.05) is 6.54 Å². The molecule has 26 heavy (non-hydrogen) atoms. The summed E-state index contributed by atoms with van der Waals surface area (Å²) in [6.07, 6.45) is 8.69. The summed E-state index contributed by atoms with van der Waals surface area (Å²) >= 11 is 0. The summed E-state index contributed by atoms with van der Waals surface area (Å²) in [6, 6.07) is 9.04. The molecule has 1 aromatic carbocycles. The first-order chi connectivity index (χ1) is 12.6. The lowest BCUT2D eigenvalue weighted by molar-refractivity contribution is 0.131. The van der Waals surface area contributed by atoms with Crippen LogP contribution in [0, 0.1) is 12.8 Å². The number of piperidine rings is 1. The summed E-state index contributed by atoms with van der Waals surface area (Å²) in [5, 5.41) is 14.7. The summed E-state index contributed by atoms with van der Waals surface area (Å²) < 4.78 is 0. The van der Waals surface area contributed by atoms with Gasteiger partial charge < -0.3 is 10.4 Å². The minimum atomic E-state index is -0.412. The second kappa shape index (κ2) is 8.96. The number of benzene rings is 1. The van der Waals surface area contributed by atoms with Crippen molar-refractivity contribution in [3.63, 3.8) is 0 Å². The Balaban J connectivity index is 1.89. The molecule has 2 aliphatic heterocycles. The molecule has 0 saturated carbocycles. The van der Waals surface area contributed by atoms with Crippen molar-refractivity contribution in [2.45, 2.75) is 77.5 Å². The lowest BCUT2D eigenvalue weighted by atomic mass is 9.80. The molecule has 2 heterocycles. The van der Waals surface area contributed by atoms with Crippen LogP contribution in [-0.2, 0) is 0 Å². The van der Waals surface area contributed by atoms with Crippen LogP contribution >= 0.6 is 0 Å². The summed E-state index contributed by atoms with van der Waals surface area (Å²) in [7, 11) is 0. The predicted octanol–water partition coefficient (Wildman–Crippen LogP) is 4.42. The minimum Gasteiger partial charge on any atom is -0.387 e. The molecule has 1 saturated heterocycles. The maximum atomic E-state index is 11.1. The number of nitrogens with one attached hydrogen (secondary N) is 1. The van der Waals surface area contributed by atoms with Crippen LogP contribution in [0.4, 0.5) is 0 Å². The SMILES string of the molecule is CCCCC1N=C(c2ccc(C)cc2)C=C([C@H](O)[C@@H]2CCCCN2)C1C. The van der Waals surface area contributed by atoms with Crippen LogP contribution in [-0.4, -0.2) is 35.6 Å². The molecule has 3 rings (SSSR count). The molecule has 0 aliphatic carbocycles. The van der Waals surface area contributed by atoms with Gasteiger partial charge in [0.25, 0.3) is 0 Å². The third-order valence-electron chi connectivity index (χ3n) is 5.98. The molecule has 2 unspecified atom stereocenters. The van der Waals surface area contributed by atoms with Crippen LogP contribution in [0.1, 0.15) is 63.5 Å². The number of aryl methyl sites for hydroxylation is 1. The van der Waals surface area contributed by atoms with Gasteiger partial charge in [0.1, 0.15) is 0 Å². The average Bonchev–Trinajstić information content (AvgIpc) is 2.68. The summed E-state index contributed by atoms with van der Waals surface area (Å²) in [6.45, 7) is 7.60. The van der Waals surface area contributed by atoms with Gasteiger partial charge in [-0.25, -0.2) is 0 Å². The number of aliphatic hydroxyl groups is 1. The van der Waals surface area contributed by atoms with E-state index in [2.05, 4.69) is 56.4 Å². The molecule has 3 nitrogen and oxygen atoms in total. The van der Waals surface area contributed by atoms with Crippen LogP contribution in [0.3, 0.4) is 0 Å². The average molecular weight is 355 g/mol. The maximum absolute atomic E-state index is 11.1. The van der Waals surface area contributed by atoms with E-state index in [0.717, 1.165) is 36.2 Å². The first-order valence-corrected chi connectivity index (χ1v) is 10.4. The summed E-state index contributed by atoms with van der Waals surface area (Å²) in [5.41, 5.74) is 4.62. The Bertz CT molecular complexity index is 641. The first-order valence-electron chi connectivity index (χ1n) is 10.4. The number of hydrogen-bond donors (Lipinski definition) is 2. The van der Waals surface area contributed by atoms with Gasteiger partial charge in [0.2, 0.25) is 0 Å². The van der Waals surface area contributed by atoms with Crippen molar-refractivity contribution in [1.82, 2.24) is 5.32 Å². The Morgan fingerprint density at radius 3 is 2.65 bits per heavy atom. The highest BCUT2D eigenvalue weighted by Crippen LogP contribution is 2.32. The molecule has 2 N–H and O–H groups in total. The van der Waals surface area contributed by atoms with Crippen molar-refractivity contribution in [2.24, 2.45) is 10.9 Å². The highest BCUT2D eigenvalue weighted by atomic mass is 16.3. The number of allylic oxidation sites excluding steroid dienone is 1. The molecular formula is C23H34N2O. The van der Waals surface area contributed by atoms with Crippen molar-refractivity contribution >= 4 is 5.71 Å². The fourth-order valence-corrected chi connectivity index (χ4v) is 4.18. The standard InChI is InChI=1S/C23H34N2O/c1-4-5-8-20-17(3)19(23(26)21-9-6-7-14-24-21)15-22(25-20)18-12-10-16(2)11-13-18/h10-13,15,17,20-21,23-24,26H,4-9,14H2,1-3H3/t17?,20?,21-,23-/m0/s1. The molecule has 0 spiro atoms. The van der Waals surface area contributed by atoms with E-state index in [9.17, 15) is 5.11 Å². The molecule has 1 aromatic rings. The molecule has 0 aromatic heterocycles. The normalized spacial score (nSPS) is 27.6. The Hall–Kier alpha value is -1.45. The number of unbranched alkanes of at least 4 members (excludes halogenated alkanes) is 1. The molecule has 1 fully saturated rings. The van der Waals surface area contributed by atoms with E-state index in [0.29, 0.717) is 5.92 Å². The molecule has 3 heteroatoms. The largest absolute Gasteiger partial charge is 0.387 e. The van der Waals surface area contributed by atoms with Crippen molar-refractivity contribution in [3.8, 4) is 0 Å². The lowest BCUT2D eigenvalue weighted by Crippen LogP contribution is -2.46. The fraction of sp³-hybridized carbons (Fsp3) is 0.609. The number of dihydropyridines is 1. The van der Waals surface area contributed by atoms with E-state index in [-0.39, 0.29) is 12.1 Å². The van der Waals surface area contributed by atoms with Crippen LogP contribution in [0.15, 0.2) is 40.9 Å². The van der Waals surface area contributed by atoms with Crippen LogP contribution in [0.5, 0.6) is 0 Å². The van der Waals surface area contributed by atoms with Gasteiger partial charge in [-0.15, -0.1) is 0 Å². The first kappa shape index (κ1) is 19.3. The summed E-state index contributed by atoms with van der Waals surface area (Å²) in [5.74, 6) is 0.300. The molecule has 4 atom stereocenters. The Kier molecular flexibility index (Phi) is 6.66. The topological polar surface area (TPSA) is 44.6 Å². The lowest BCUT2D eigenvalue weighted by Gasteiger charge is -2.36. The van der Waals surface area contributed by atoms with E-state index in [1.807, 2.05) is 0 Å². The van der Waals surface area contributed by atoms with E-state index in [1.165, 1.54) is 31.2 Å². The van der Waals surface area contributed by atoms with Crippen LogP contribution < -0.4 is 5.32 Å². The van der Waals surface area contributed by atoms with Crippen molar-refractivity contribution in [1.29, 1.82) is 0 Å². The molecule has 0 amide bonds. The second-order valence-corrected chi connectivity index (χ2v) is 8.02. The number of rotatable bonds is 6. The third kappa shape index (κ3) is 4.44. The third-order valence-corrected chi connectivity index (χ3v) is 5.98. The second-order valence-electron chi connectivity index (χ2n) is 8.02. The van der Waals surface area contributed by atoms with Gasteiger partial charge in [0.15, 0.2) is 0 Å². The number of aliphatic hydroxyl groups excluding tert-OH is 1. The predicted molar refractivity (Wildman–Crippen MR) is 110 cm³/mol. The fourth-order valence-electron chi connectivity index (χ4n) is 4.18. The van der Waals surface area contributed by atoms with Gasteiger partial charge in [-0.2, -0.15) is 0 Å². The summed E-state index contributed by atoms with van der Waals surface area (Å²) in [4.78, 5) is 5.09. The van der Waals surface area contributed by atoms with Gasteiger partial charge in [-0.3, -0.25) is 4.99 Å². The van der Waals surface area contributed by atoms with Gasteiger partial charge in [-0.1, -0.05) is 62.9 Å². The van der Waals surface area contributed by atoms with Crippen LogP contribution in [0.2, 0.25) is 0 Å². The minimum absolute atomic E-state index is 0.182. The van der Waals surface area contributed by atoms with Crippen LogP contribution in [0.25, 0.3) is 0 Å². The van der Waals surface area contributed by atoms with E-state index < -0.39 is 6.10 Å². The van der Waals surface area contributed by atoms with Gasteiger partial charge in [0.05, 0.1) is 17.9 Å². The quantitative estimate of drug-likeness (QED) is 0.794. The molecule has 0 bridgehead atoms. The number of nitrogens with zero attached hydrogens (tertiary/aromatic N) is 1. The zero-order chi connectivity index (χ0) is 18.5. The van der Waals surface area contributed by atoms with Crippen molar-refractivity contribution < 1.29 is 5.11 Å². The van der Waals surface area contributed by atoms with Gasteiger partial charge in [-0.05, 0) is 49.9 Å². The molecule has 142 valence electrons. The van der Waals surface area contributed by atoms with Crippen molar-refractivity contribution in [3.05, 3.63) is 47.0 Å². The Morgan fingerprint density at radius 2 is 2.00 bits per heavy atom. The zero-order valence-corrected chi connectivity index (χ0v) is 16.5. The zero-order valence-electron chi connectivity index (χ0n) is 16.5. The highest BCUT2D eigenvalue weighted by molar-refractivity contribution is 6.09. The van der Waals surface area contributed by atoms with E-state index in [4.69, 9.17) is 4.99 Å². The van der Waals surface area contributed by atoms with E-state index >= 15 is 0 Å². The monoisotopic (exact) mass is 354 g/mol. The highest BCUT2D eigenvalue weighted by Gasteiger charge is 2.33. The molecule has 2 aliphatic rings. The Morgan fingerprint density at radius 1 is 1.23 bits per heavy atom. The van der Waals surface area contributed by atoms with E-state index in [1.54, 1.807) is 0 Å². The smallest absolute Gasteiger partial charge is 0.0910 e.